The Morgan fingerprint density at radius 1 is 1.21 bits per heavy atom. The van der Waals surface area contributed by atoms with Crippen molar-refractivity contribution in [2.24, 2.45) is 11.7 Å². The average Bonchev–Trinajstić information content (AvgIpc) is 2.47. The minimum absolute atomic E-state index is 0.153. The highest BCUT2D eigenvalue weighted by Crippen LogP contribution is 2.24. The number of nitrogens with one attached hydrogen (secondary N) is 1. The van der Waals surface area contributed by atoms with Crippen LogP contribution >= 0.6 is 0 Å². The fraction of sp³-hybridized carbons (Fsp3) is 0.438. The van der Waals surface area contributed by atoms with E-state index in [4.69, 9.17) is 5.73 Å². The number of anilines is 1. The Labute approximate surface area is 114 Å². The molecule has 0 atom stereocenters. The number of nitrogens with two attached hydrogens (primary N) is 1. The molecule has 0 aromatic heterocycles. The average molecular weight is 256 g/mol. The monoisotopic (exact) mass is 256 g/mol. The van der Waals surface area contributed by atoms with E-state index in [-0.39, 0.29) is 11.8 Å². The first kappa shape index (κ1) is 13.6. The normalized spacial score (nSPS) is 15.4. The quantitative estimate of drug-likeness (QED) is 0.799. The third-order valence-electron chi connectivity index (χ3n) is 3.46. The van der Waals surface area contributed by atoms with E-state index in [1.807, 2.05) is 24.3 Å². The minimum atomic E-state index is 0.153. The molecule has 0 aliphatic heterocycles. The van der Waals surface area contributed by atoms with Gasteiger partial charge in [-0.2, -0.15) is 0 Å². The Balaban J connectivity index is 1.93. The highest BCUT2D eigenvalue weighted by Gasteiger charge is 2.20. The zero-order chi connectivity index (χ0) is 13.5. The Hall–Kier alpha value is -1.79. The van der Waals surface area contributed by atoms with Crippen LogP contribution < -0.4 is 11.1 Å². The van der Waals surface area contributed by atoms with Crippen LogP contribution in [0.1, 0.15) is 37.7 Å². The highest BCUT2D eigenvalue weighted by molar-refractivity contribution is 5.92. The first-order valence-electron chi connectivity index (χ1n) is 6.89. The van der Waals surface area contributed by atoms with Crippen LogP contribution in [-0.2, 0) is 4.79 Å². The lowest BCUT2D eigenvalue weighted by Crippen LogP contribution is -2.24. The Morgan fingerprint density at radius 3 is 2.53 bits per heavy atom. The summed E-state index contributed by atoms with van der Waals surface area (Å²) in [5.41, 5.74) is 7.08. The molecular formula is C16H20N2O. The van der Waals surface area contributed by atoms with Gasteiger partial charge in [-0.3, -0.25) is 4.79 Å². The van der Waals surface area contributed by atoms with E-state index in [0.717, 1.165) is 24.1 Å². The second-order valence-corrected chi connectivity index (χ2v) is 4.91. The van der Waals surface area contributed by atoms with Crippen LogP contribution in [0.25, 0.3) is 0 Å². The molecule has 19 heavy (non-hydrogen) atoms. The fourth-order valence-electron chi connectivity index (χ4n) is 2.40. The molecule has 0 radical (unpaired) electrons. The van der Waals surface area contributed by atoms with E-state index in [1.165, 1.54) is 19.3 Å². The largest absolute Gasteiger partial charge is 0.326 e. The standard InChI is InChI=1S/C16H20N2O/c17-12-4-5-13-8-10-15(11-9-13)18-16(19)14-6-2-1-3-7-14/h8-11,14H,1-3,6-7,12,17H2,(H,18,19). The van der Waals surface area contributed by atoms with Gasteiger partial charge >= 0.3 is 0 Å². The van der Waals surface area contributed by atoms with Crippen LogP contribution in [0.3, 0.4) is 0 Å². The predicted octanol–water partition coefficient (Wildman–Crippen LogP) is 2.52. The zero-order valence-corrected chi connectivity index (χ0v) is 11.1. The van der Waals surface area contributed by atoms with Gasteiger partial charge in [0.25, 0.3) is 0 Å². The number of rotatable bonds is 2. The lowest BCUT2D eigenvalue weighted by Gasteiger charge is -2.20. The summed E-state index contributed by atoms with van der Waals surface area (Å²) in [7, 11) is 0. The number of hydrogen-bond donors (Lipinski definition) is 2. The van der Waals surface area contributed by atoms with Gasteiger partial charge in [-0.05, 0) is 37.1 Å². The SMILES string of the molecule is NCC#Cc1ccc(NC(=O)C2CCCCC2)cc1. The third kappa shape index (κ3) is 4.11. The summed E-state index contributed by atoms with van der Waals surface area (Å²) in [6.07, 6.45) is 5.65. The maximum atomic E-state index is 12.1. The van der Waals surface area contributed by atoms with Gasteiger partial charge in [0.1, 0.15) is 0 Å². The second-order valence-electron chi connectivity index (χ2n) is 4.91. The van der Waals surface area contributed by atoms with Crippen molar-refractivity contribution in [1.82, 2.24) is 0 Å². The zero-order valence-electron chi connectivity index (χ0n) is 11.1. The predicted molar refractivity (Wildman–Crippen MR) is 77.6 cm³/mol. The molecule has 3 heteroatoms. The molecule has 1 fully saturated rings. The maximum Gasteiger partial charge on any atom is 0.227 e. The van der Waals surface area contributed by atoms with Crippen LogP contribution in [0.5, 0.6) is 0 Å². The summed E-state index contributed by atoms with van der Waals surface area (Å²) in [5.74, 6) is 6.11. The summed E-state index contributed by atoms with van der Waals surface area (Å²) in [6.45, 7) is 0.361. The van der Waals surface area contributed by atoms with E-state index >= 15 is 0 Å². The first-order valence-corrected chi connectivity index (χ1v) is 6.89. The summed E-state index contributed by atoms with van der Waals surface area (Å²) >= 11 is 0. The molecule has 1 aromatic carbocycles. The second kappa shape index (κ2) is 6.96. The smallest absolute Gasteiger partial charge is 0.227 e. The number of benzene rings is 1. The lowest BCUT2D eigenvalue weighted by atomic mass is 9.88. The highest BCUT2D eigenvalue weighted by atomic mass is 16.1. The van der Waals surface area contributed by atoms with Gasteiger partial charge in [-0.1, -0.05) is 31.1 Å². The Morgan fingerprint density at radius 2 is 1.89 bits per heavy atom. The summed E-state index contributed by atoms with van der Waals surface area (Å²) in [6, 6.07) is 7.58. The van der Waals surface area contributed by atoms with Crippen molar-refractivity contribution in [3.8, 4) is 11.8 Å². The lowest BCUT2D eigenvalue weighted by molar-refractivity contribution is -0.120. The van der Waals surface area contributed by atoms with Crippen molar-refractivity contribution in [3.05, 3.63) is 29.8 Å². The van der Waals surface area contributed by atoms with Crippen molar-refractivity contribution in [3.63, 3.8) is 0 Å². The van der Waals surface area contributed by atoms with Gasteiger partial charge in [0.15, 0.2) is 0 Å². The molecule has 1 aliphatic carbocycles. The van der Waals surface area contributed by atoms with E-state index in [0.29, 0.717) is 6.54 Å². The summed E-state index contributed by atoms with van der Waals surface area (Å²) in [4.78, 5) is 12.1. The summed E-state index contributed by atoms with van der Waals surface area (Å²) in [5, 5.41) is 2.98. The van der Waals surface area contributed by atoms with Crippen LogP contribution in [0.4, 0.5) is 5.69 Å². The van der Waals surface area contributed by atoms with E-state index in [1.54, 1.807) is 0 Å². The number of hydrogen-bond acceptors (Lipinski definition) is 2. The van der Waals surface area contributed by atoms with Crippen LogP contribution in [-0.4, -0.2) is 12.5 Å². The molecule has 0 saturated heterocycles. The summed E-state index contributed by atoms with van der Waals surface area (Å²) < 4.78 is 0. The van der Waals surface area contributed by atoms with Gasteiger partial charge in [0.2, 0.25) is 5.91 Å². The third-order valence-corrected chi connectivity index (χ3v) is 3.46. The molecule has 3 nitrogen and oxygen atoms in total. The molecule has 1 amide bonds. The molecule has 1 aliphatic rings. The maximum absolute atomic E-state index is 12.1. The van der Waals surface area contributed by atoms with Crippen molar-refractivity contribution in [2.45, 2.75) is 32.1 Å². The molecule has 0 spiro atoms. The Kier molecular flexibility index (Phi) is 5.00. The number of carbonyl (C=O) groups is 1. The van der Waals surface area contributed by atoms with Crippen molar-refractivity contribution in [2.75, 3.05) is 11.9 Å². The van der Waals surface area contributed by atoms with Gasteiger partial charge in [-0.25, -0.2) is 0 Å². The molecule has 3 N–H and O–H groups in total. The van der Waals surface area contributed by atoms with Gasteiger partial charge < -0.3 is 11.1 Å². The number of amides is 1. The topological polar surface area (TPSA) is 55.1 Å². The molecular weight excluding hydrogens is 236 g/mol. The number of carbonyl (C=O) groups excluding carboxylic acids is 1. The Bertz CT molecular complexity index is 476. The molecule has 0 bridgehead atoms. The van der Waals surface area contributed by atoms with Gasteiger partial charge in [0.05, 0.1) is 6.54 Å². The van der Waals surface area contributed by atoms with Gasteiger partial charge in [-0.15, -0.1) is 0 Å². The molecule has 0 unspecified atom stereocenters. The van der Waals surface area contributed by atoms with Crippen LogP contribution in [0.2, 0.25) is 0 Å². The fourth-order valence-corrected chi connectivity index (χ4v) is 2.40. The minimum Gasteiger partial charge on any atom is -0.326 e. The van der Waals surface area contributed by atoms with Gasteiger partial charge in [0, 0.05) is 17.2 Å². The van der Waals surface area contributed by atoms with Crippen LogP contribution in [0, 0.1) is 17.8 Å². The van der Waals surface area contributed by atoms with Crippen molar-refractivity contribution < 1.29 is 4.79 Å². The van der Waals surface area contributed by atoms with E-state index in [2.05, 4.69) is 17.2 Å². The molecule has 0 heterocycles. The van der Waals surface area contributed by atoms with E-state index < -0.39 is 0 Å². The van der Waals surface area contributed by atoms with Crippen molar-refractivity contribution in [1.29, 1.82) is 0 Å². The molecule has 100 valence electrons. The molecule has 1 saturated carbocycles. The molecule has 2 rings (SSSR count). The first-order chi connectivity index (χ1) is 9.29. The molecule has 1 aromatic rings. The van der Waals surface area contributed by atoms with Crippen molar-refractivity contribution >= 4 is 11.6 Å². The van der Waals surface area contributed by atoms with E-state index in [9.17, 15) is 4.79 Å². The van der Waals surface area contributed by atoms with Crippen LogP contribution in [0.15, 0.2) is 24.3 Å².